The third kappa shape index (κ3) is 3.95. The lowest BCUT2D eigenvalue weighted by atomic mass is 10.1. The van der Waals surface area contributed by atoms with Gasteiger partial charge in [-0.3, -0.25) is 9.59 Å². The SMILES string of the molecule is Cc1cc(N2CCN(C(=O)CCC(=O)c3ccc4c(c3)OCCO4)CC2)n2ncnc2n1. The summed E-state index contributed by atoms with van der Waals surface area (Å²) in [6.07, 6.45) is 1.85. The Kier molecular flexibility index (Phi) is 5.34. The quantitative estimate of drug-likeness (QED) is 0.555. The number of carbonyl (C=O) groups excluding carboxylic acids is 2. The summed E-state index contributed by atoms with van der Waals surface area (Å²) in [4.78, 5) is 37.8. The molecule has 10 heteroatoms. The van der Waals surface area contributed by atoms with Crippen LogP contribution in [0.5, 0.6) is 11.5 Å². The highest BCUT2D eigenvalue weighted by Gasteiger charge is 2.24. The van der Waals surface area contributed by atoms with Gasteiger partial charge in [-0.1, -0.05) is 0 Å². The molecule has 1 amide bonds. The molecule has 0 aliphatic carbocycles. The number of ether oxygens (including phenoxy) is 2. The predicted molar refractivity (Wildman–Crippen MR) is 115 cm³/mol. The molecule has 4 heterocycles. The number of rotatable bonds is 5. The van der Waals surface area contributed by atoms with Gasteiger partial charge in [0.15, 0.2) is 17.3 Å². The Hall–Kier alpha value is -3.69. The van der Waals surface area contributed by atoms with Crippen LogP contribution in [0.2, 0.25) is 0 Å². The van der Waals surface area contributed by atoms with E-state index in [-0.39, 0.29) is 24.5 Å². The number of hydrogen-bond acceptors (Lipinski definition) is 8. The van der Waals surface area contributed by atoms with E-state index in [0.29, 0.717) is 62.2 Å². The zero-order valence-corrected chi connectivity index (χ0v) is 17.9. The van der Waals surface area contributed by atoms with Crippen LogP contribution in [-0.2, 0) is 4.79 Å². The maximum absolute atomic E-state index is 12.7. The van der Waals surface area contributed by atoms with Gasteiger partial charge in [-0.05, 0) is 25.1 Å². The van der Waals surface area contributed by atoms with E-state index in [4.69, 9.17) is 9.47 Å². The molecule has 0 N–H and O–H groups in total. The van der Waals surface area contributed by atoms with Gasteiger partial charge in [-0.25, -0.2) is 4.98 Å². The molecular weight excluding hydrogens is 412 g/mol. The van der Waals surface area contributed by atoms with Crippen LogP contribution in [0, 0.1) is 6.92 Å². The van der Waals surface area contributed by atoms with Gasteiger partial charge in [0.1, 0.15) is 25.4 Å². The fourth-order valence-electron chi connectivity index (χ4n) is 4.06. The molecule has 166 valence electrons. The van der Waals surface area contributed by atoms with Crippen molar-refractivity contribution in [2.75, 3.05) is 44.3 Å². The second-order valence-electron chi connectivity index (χ2n) is 7.88. The van der Waals surface area contributed by atoms with E-state index in [1.807, 2.05) is 17.9 Å². The number of anilines is 1. The van der Waals surface area contributed by atoms with E-state index in [1.165, 1.54) is 6.33 Å². The number of aryl methyl sites for hydroxylation is 1. The Balaban J connectivity index is 1.16. The third-order valence-electron chi connectivity index (χ3n) is 5.75. The van der Waals surface area contributed by atoms with E-state index in [9.17, 15) is 9.59 Å². The van der Waals surface area contributed by atoms with Crippen LogP contribution < -0.4 is 14.4 Å². The van der Waals surface area contributed by atoms with Gasteiger partial charge in [-0.2, -0.15) is 14.6 Å². The lowest BCUT2D eigenvalue weighted by Crippen LogP contribution is -2.49. The van der Waals surface area contributed by atoms with Crippen LogP contribution in [0.15, 0.2) is 30.6 Å². The van der Waals surface area contributed by atoms with Crippen molar-refractivity contribution in [1.29, 1.82) is 0 Å². The number of benzene rings is 1. The Morgan fingerprint density at radius 2 is 1.78 bits per heavy atom. The predicted octanol–water partition coefficient (Wildman–Crippen LogP) is 1.52. The Morgan fingerprint density at radius 1 is 1.00 bits per heavy atom. The minimum atomic E-state index is -0.0743. The van der Waals surface area contributed by atoms with Gasteiger partial charge in [0.25, 0.3) is 5.78 Å². The topological polar surface area (TPSA) is 102 Å². The van der Waals surface area contributed by atoms with E-state index in [0.717, 1.165) is 11.5 Å². The fraction of sp³-hybridized carbons (Fsp3) is 0.409. The summed E-state index contributed by atoms with van der Waals surface area (Å²) in [6, 6.07) is 7.14. The molecule has 0 unspecified atom stereocenters. The minimum absolute atomic E-state index is 0.00708. The molecule has 0 spiro atoms. The molecule has 0 radical (unpaired) electrons. The van der Waals surface area contributed by atoms with E-state index >= 15 is 0 Å². The van der Waals surface area contributed by atoms with Crippen LogP contribution in [0.4, 0.5) is 5.82 Å². The van der Waals surface area contributed by atoms with Crippen molar-refractivity contribution in [2.45, 2.75) is 19.8 Å². The molecular formula is C22H24N6O4. The summed E-state index contributed by atoms with van der Waals surface area (Å²) < 4.78 is 12.7. The molecule has 32 heavy (non-hydrogen) atoms. The zero-order valence-electron chi connectivity index (χ0n) is 17.9. The van der Waals surface area contributed by atoms with Crippen LogP contribution in [-0.4, -0.2) is 75.6 Å². The summed E-state index contributed by atoms with van der Waals surface area (Å²) in [7, 11) is 0. The van der Waals surface area contributed by atoms with Crippen molar-refractivity contribution >= 4 is 23.3 Å². The van der Waals surface area contributed by atoms with Gasteiger partial charge in [-0.15, -0.1) is 0 Å². The Labute approximate surface area is 184 Å². The number of nitrogens with zero attached hydrogens (tertiary/aromatic N) is 6. The van der Waals surface area contributed by atoms with Crippen molar-refractivity contribution in [3.63, 3.8) is 0 Å². The van der Waals surface area contributed by atoms with Crippen LogP contribution >= 0.6 is 0 Å². The van der Waals surface area contributed by atoms with Crippen molar-refractivity contribution < 1.29 is 19.1 Å². The minimum Gasteiger partial charge on any atom is -0.486 e. The van der Waals surface area contributed by atoms with Gasteiger partial charge in [0.2, 0.25) is 5.91 Å². The molecule has 2 aromatic heterocycles. The summed E-state index contributed by atoms with van der Waals surface area (Å²) in [5.41, 5.74) is 1.41. The highest BCUT2D eigenvalue weighted by atomic mass is 16.6. The average molecular weight is 436 g/mol. The maximum atomic E-state index is 12.7. The van der Waals surface area contributed by atoms with Crippen LogP contribution in [0.25, 0.3) is 5.78 Å². The van der Waals surface area contributed by atoms with Crippen LogP contribution in [0.3, 0.4) is 0 Å². The number of ketones is 1. The number of aromatic nitrogens is 4. The highest BCUT2D eigenvalue weighted by molar-refractivity contribution is 5.98. The van der Waals surface area contributed by atoms with Crippen molar-refractivity contribution in [1.82, 2.24) is 24.5 Å². The molecule has 1 aromatic carbocycles. The second-order valence-corrected chi connectivity index (χ2v) is 7.88. The molecule has 5 rings (SSSR count). The molecule has 2 aliphatic rings. The smallest absolute Gasteiger partial charge is 0.254 e. The number of fused-ring (bicyclic) bond motifs is 2. The summed E-state index contributed by atoms with van der Waals surface area (Å²) >= 11 is 0. The number of carbonyl (C=O) groups is 2. The highest BCUT2D eigenvalue weighted by Crippen LogP contribution is 2.31. The lowest BCUT2D eigenvalue weighted by molar-refractivity contribution is -0.131. The van der Waals surface area contributed by atoms with Gasteiger partial charge < -0.3 is 19.3 Å². The van der Waals surface area contributed by atoms with Crippen molar-refractivity contribution in [3.05, 3.63) is 41.9 Å². The Morgan fingerprint density at radius 3 is 2.59 bits per heavy atom. The summed E-state index contributed by atoms with van der Waals surface area (Å²) in [5, 5.41) is 4.26. The average Bonchev–Trinajstić information content (AvgIpc) is 3.30. The molecule has 0 saturated carbocycles. The largest absolute Gasteiger partial charge is 0.486 e. The van der Waals surface area contributed by atoms with E-state index in [1.54, 1.807) is 22.7 Å². The first kappa shape index (κ1) is 20.2. The molecule has 1 saturated heterocycles. The van der Waals surface area contributed by atoms with Crippen LogP contribution in [0.1, 0.15) is 28.9 Å². The van der Waals surface area contributed by atoms with E-state index in [2.05, 4.69) is 20.0 Å². The number of amides is 1. The first-order valence-corrected chi connectivity index (χ1v) is 10.7. The molecule has 0 atom stereocenters. The zero-order chi connectivity index (χ0) is 22.1. The van der Waals surface area contributed by atoms with Gasteiger partial charge >= 0.3 is 0 Å². The normalized spacial score (nSPS) is 15.8. The van der Waals surface area contributed by atoms with Gasteiger partial charge in [0.05, 0.1) is 0 Å². The third-order valence-corrected chi connectivity index (χ3v) is 5.75. The molecule has 2 aliphatic heterocycles. The number of Topliss-reactive ketones (excluding diaryl/α,β-unsaturated/α-hetero) is 1. The first-order valence-electron chi connectivity index (χ1n) is 10.7. The van der Waals surface area contributed by atoms with Crippen molar-refractivity contribution in [3.8, 4) is 11.5 Å². The number of hydrogen-bond donors (Lipinski definition) is 0. The molecule has 10 nitrogen and oxygen atoms in total. The lowest BCUT2D eigenvalue weighted by Gasteiger charge is -2.36. The Bertz CT molecular complexity index is 1170. The molecule has 3 aromatic rings. The standard InChI is InChI=1S/C22H24N6O4/c1-15-12-20(28-22(25-15)23-14-24-28)26-6-8-27(9-7-26)21(30)5-3-17(29)16-2-4-18-19(13-16)32-11-10-31-18/h2,4,12-14H,3,5-11H2,1H3. The van der Waals surface area contributed by atoms with E-state index < -0.39 is 0 Å². The second kappa shape index (κ2) is 8.45. The molecule has 0 bridgehead atoms. The molecule has 1 fully saturated rings. The monoisotopic (exact) mass is 436 g/mol. The van der Waals surface area contributed by atoms with Crippen molar-refractivity contribution in [2.24, 2.45) is 0 Å². The summed E-state index contributed by atoms with van der Waals surface area (Å²) in [6.45, 7) is 5.45. The van der Waals surface area contributed by atoms with Gasteiger partial charge in [0, 0.05) is 56.3 Å². The maximum Gasteiger partial charge on any atom is 0.254 e. The fourth-order valence-corrected chi connectivity index (χ4v) is 4.06. The summed E-state index contributed by atoms with van der Waals surface area (Å²) in [5.74, 6) is 2.64. The number of piperazine rings is 1. The first-order chi connectivity index (χ1) is 15.6.